The number of fused-ring (bicyclic) bond motifs is 3. The molecule has 6 rings (SSSR count). The Labute approximate surface area is 273 Å². The maximum Gasteiger partial charge on any atom is 0.330 e. The summed E-state index contributed by atoms with van der Waals surface area (Å²) in [5.74, 6) is -1.58. The fourth-order valence-corrected chi connectivity index (χ4v) is 7.79. The molecule has 3 aromatic rings. The molecule has 10 nitrogen and oxygen atoms in total. The molecule has 2 aliphatic carbocycles. The van der Waals surface area contributed by atoms with Crippen LogP contribution >= 0.6 is 11.3 Å². The van der Waals surface area contributed by atoms with E-state index in [2.05, 4.69) is 19.2 Å². The molecule has 0 bridgehead atoms. The highest BCUT2D eigenvalue weighted by Gasteiger charge is 2.61. The van der Waals surface area contributed by atoms with Crippen molar-refractivity contribution < 1.29 is 29.0 Å². The standard InChI is InChI=1S/C35H42N4O6S/c1-19(2)27-18-46-32(37-27)26-16-29(23-11-12-28(44-5)20(3)30(23)36-26)45-22-14-24-25(15-22)33(41)39(4)13-9-7-6-8-10-21-17-35(21,34(42)43)38-31(24)40/h8,10-12,16,18-19,21-22,24-25H,6-7,9,13-15,17H2,1-5H3,(H,38,40)(H,42,43)/b10-8+/t21-,22-,24-,25-,35-/m1/s1. The molecule has 2 fully saturated rings. The Bertz CT molecular complexity index is 1700. The topological polar surface area (TPSA) is 131 Å². The molecule has 2 saturated carbocycles. The Kier molecular flexibility index (Phi) is 8.80. The largest absolute Gasteiger partial charge is 0.496 e. The molecule has 2 amide bonds. The number of allylic oxidation sites excluding steroid dienone is 1. The number of nitrogens with zero attached hydrogens (tertiary/aromatic N) is 3. The van der Waals surface area contributed by atoms with Gasteiger partial charge < -0.3 is 24.8 Å². The van der Waals surface area contributed by atoms with E-state index in [0.29, 0.717) is 36.6 Å². The number of rotatable bonds is 6. The lowest BCUT2D eigenvalue weighted by molar-refractivity contribution is -0.145. The molecule has 2 aromatic heterocycles. The van der Waals surface area contributed by atoms with E-state index in [9.17, 15) is 19.5 Å². The number of carboxylic acid groups (broad SMARTS) is 1. The number of thiazole rings is 1. The van der Waals surface area contributed by atoms with E-state index in [-0.39, 0.29) is 24.2 Å². The van der Waals surface area contributed by atoms with Gasteiger partial charge in [0.2, 0.25) is 11.8 Å². The number of pyridine rings is 1. The first-order valence-corrected chi connectivity index (χ1v) is 17.0. The van der Waals surface area contributed by atoms with Gasteiger partial charge in [-0.3, -0.25) is 9.59 Å². The molecule has 46 heavy (non-hydrogen) atoms. The lowest BCUT2D eigenvalue weighted by atomic mass is 9.93. The maximum absolute atomic E-state index is 13.8. The van der Waals surface area contributed by atoms with Crippen LogP contribution in [0.1, 0.15) is 69.5 Å². The first-order valence-electron chi connectivity index (χ1n) is 16.1. The van der Waals surface area contributed by atoms with Gasteiger partial charge in [0.1, 0.15) is 33.8 Å². The first-order chi connectivity index (χ1) is 22.0. The van der Waals surface area contributed by atoms with Crippen LogP contribution in [0.5, 0.6) is 11.5 Å². The Morgan fingerprint density at radius 3 is 2.65 bits per heavy atom. The van der Waals surface area contributed by atoms with Crippen molar-refractivity contribution in [3.8, 4) is 22.2 Å². The molecule has 0 radical (unpaired) electrons. The van der Waals surface area contributed by atoms with Crippen LogP contribution in [0.4, 0.5) is 0 Å². The van der Waals surface area contributed by atoms with E-state index in [1.54, 1.807) is 19.1 Å². The van der Waals surface area contributed by atoms with Crippen LogP contribution in [-0.2, 0) is 14.4 Å². The number of methoxy groups -OCH3 is 1. The molecule has 5 atom stereocenters. The molecule has 0 saturated heterocycles. The van der Waals surface area contributed by atoms with Crippen molar-refractivity contribution in [2.24, 2.45) is 17.8 Å². The van der Waals surface area contributed by atoms with E-state index >= 15 is 0 Å². The van der Waals surface area contributed by atoms with Gasteiger partial charge in [-0.15, -0.1) is 11.3 Å². The molecule has 0 spiro atoms. The van der Waals surface area contributed by atoms with Crippen LogP contribution in [0.15, 0.2) is 35.7 Å². The van der Waals surface area contributed by atoms with Crippen LogP contribution < -0.4 is 14.8 Å². The van der Waals surface area contributed by atoms with Crippen LogP contribution in [0.2, 0.25) is 0 Å². The Morgan fingerprint density at radius 1 is 1.15 bits per heavy atom. The van der Waals surface area contributed by atoms with Gasteiger partial charge in [-0.25, -0.2) is 14.8 Å². The lowest BCUT2D eigenvalue weighted by Gasteiger charge is -2.26. The average molecular weight is 647 g/mol. The number of ether oxygens (including phenoxy) is 2. The normalized spacial score (nSPS) is 27.5. The third kappa shape index (κ3) is 5.97. The first kappa shape index (κ1) is 32.0. The summed E-state index contributed by atoms with van der Waals surface area (Å²) in [7, 11) is 3.41. The maximum atomic E-state index is 13.8. The number of aliphatic carboxylic acids is 1. The summed E-state index contributed by atoms with van der Waals surface area (Å²) >= 11 is 1.53. The number of hydrogen-bond acceptors (Lipinski definition) is 8. The van der Waals surface area contributed by atoms with Gasteiger partial charge in [-0.2, -0.15) is 0 Å². The summed E-state index contributed by atoms with van der Waals surface area (Å²) in [6, 6.07) is 5.70. The number of carbonyl (C=O) groups is 3. The molecule has 1 aromatic carbocycles. The second-order valence-electron chi connectivity index (χ2n) is 13.2. The Hall–Kier alpha value is -3.99. The Morgan fingerprint density at radius 2 is 1.93 bits per heavy atom. The second kappa shape index (κ2) is 12.7. The summed E-state index contributed by atoms with van der Waals surface area (Å²) < 4.78 is 12.3. The van der Waals surface area contributed by atoms with Crippen LogP contribution in [0, 0.1) is 24.7 Å². The summed E-state index contributed by atoms with van der Waals surface area (Å²) in [6.07, 6.45) is 6.97. The number of benzene rings is 1. The van der Waals surface area contributed by atoms with Gasteiger partial charge in [0, 0.05) is 41.9 Å². The minimum atomic E-state index is -1.33. The van der Waals surface area contributed by atoms with Crippen molar-refractivity contribution in [1.82, 2.24) is 20.2 Å². The number of aromatic nitrogens is 2. The fraction of sp³-hybridized carbons (Fsp3) is 0.514. The summed E-state index contributed by atoms with van der Waals surface area (Å²) in [5.41, 5.74) is 1.94. The van der Waals surface area contributed by atoms with E-state index in [1.807, 2.05) is 42.7 Å². The lowest BCUT2D eigenvalue weighted by Crippen LogP contribution is -2.49. The minimum absolute atomic E-state index is 0.111. The van der Waals surface area contributed by atoms with Crippen molar-refractivity contribution in [1.29, 1.82) is 0 Å². The molecule has 3 heterocycles. The third-order valence-electron chi connectivity index (χ3n) is 9.77. The van der Waals surface area contributed by atoms with Gasteiger partial charge in [0.05, 0.1) is 30.2 Å². The molecule has 244 valence electrons. The van der Waals surface area contributed by atoms with Crippen LogP contribution in [0.25, 0.3) is 21.6 Å². The van der Waals surface area contributed by atoms with Gasteiger partial charge >= 0.3 is 5.97 Å². The van der Waals surface area contributed by atoms with Crippen molar-refractivity contribution in [3.63, 3.8) is 0 Å². The number of amides is 2. The van der Waals surface area contributed by atoms with E-state index in [0.717, 1.165) is 46.4 Å². The summed E-state index contributed by atoms with van der Waals surface area (Å²) in [6.45, 7) is 6.75. The van der Waals surface area contributed by atoms with Gasteiger partial charge in [0.25, 0.3) is 0 Å². The smallest absolute Gasteiger partial charge is 0.330 e. The molecule has 1 aliphatic heterocycles. The van der Waals surface area contributed by atoms with Crippen molar-refractivity contribution in [3.05, 3.63) is 47.0 Å². The molecule has 11 heteroatoms. The van der Waals surface area contributed by atoms with Crippen LogP contribution in [0.3, 0.4) is 0 Å². The number of carbonyl (C=O) groups excluding carboxylic acids is 2. The van der Waals surface area contributed by atoms with Crippen LogP contribution in [-0.4, -0.2) is 70.1 Å². The van der Waals surface area contributed by atoms with Gasteiger partial charge in [0.15, 0.2) is 0 Å². The third-order valence-corrected chi connectivity index (χ3v) is 10.7. The number of nitrogens with one attached hydrogen (secondary N) is 1. The average Bonchev–Trinajstić information content (AvgIpc) is 3.33. The predicted molar refractivity (Wildman–Crippen MR) is 176 cm³/mol. The fourth-order valence-electron chi connectivity index (χ4n) is 6.85. The summed E-state index contributed by atoms with van der Waals surface area (Å²) in [4.78, 5) is 51.5. The number of hydrogen-bond donors (Lipinski definition) is 2. The second-order valence-corrected chi connectivity index (χ2v) is 14.1. The van der Waals surface area contributed by atoms with Crippen molar-refractivity contribution in [2.75, 3.05) is 20.7 Å². The highest BCUT2D eigenvalue weighted by molar-refractivity contribution is 7.13. The quantitative estimate of drug-likeness (QED) is 0.325. The highest BCUT2D eigenvalue weighted by Crippen LogP contribution is 2.47. The zero-order valence-corrected chi connectivity index (χ0v) is 27.9. The predicted octanol–water partition coefficient (Wildman–Crippen LogP) is 5.73. The minimum Gasteiger partial charge on any atom is -0.496 e. The van der Waals surface area contributed by atoms with Crippen molar-refractivity contribution in [2.45, 2.75) is 76.9 Å². The van der Waals surface area contributed by atoms with Crippen molar-refractivity contribution >= 4 is 40.0 Å². The molecule has 3 aliphatic rings. The van der Waals surface area contributed by atoms with E-state index in [4.69, 9.17) is 19.4 Å². The van der Waals surface area contributed by atoms with Gasteiger partial charge in [-0.05, 0) is 63.5 Å². The Balaban J connectivity index is 1.35. The zero-order valence-electron chi connectivity index (χ0n) is 27.0. The van der Waals surface area contributed by atoms with E-state index < -0.39 is 35.4 Å². The number of carboxylic acids is 1. The SMILES string of the molecule is COc1ccc2c(O[C@@H]3C[C@H]4C(=O)N[C@]5(C(=O)O)C[C@H]5/C=C/CCCCN(C)C(=O)[C@@H]4C3)cc(-c3nc(C(C)C)cs3)nc2c1C. The molecule has 0 unspecified atom stereocenters. The zero-order chi connectivity index (χ0) is 32.7. The summed E-state index contributed by atoms with van der Waals surface area (Å²) in [5, 5.41) is 16.6. The van der Waals surface area contributed by atoms with E-state index in [1.165, 1.54) is 11.3 Å². The molecule has 2 N–H and O–H groups in total. The number of aryl methyl sites for hydroxylation is 1. The highest BCUT2D eigenvalue weighted by atomic mass is 32.1. The van der Waals surface area contributed by atoms with Gasteiger partial charge in [-0.1, -0.05) is 26.0 Å². The molecular weight excluding hydrogens is 604 g/mol. The molecular formula is C35H42N4O6S. The monoisotopic (exact) mass is 646 g/mol.